The van der Waals surface area contributed by atoms with Gasteiger partial charge in [0, 0.05) is 30.7 Å². The lowest BCUT2D eigenvalue weighted by Gasteiger charge is -2.29. The van der Waals surface area contributed by atoms with Gasteiger partial charge in [-0.3, -0.25) is 4.90 Å². The Kier molecular flexibility index (Phi) is 6.68. The Morgan fingerprint density at radius 3 is 2.67 bits per heavy atom. The van der Waals surface area contributed by atoms with Crippen LogP contribution in [0.25, 0.3) is 0 Å². The van der Waals surface area contributed by atoms with Crippen LogP contribution in [0.2, 0.25) is 0 Å². The van der Waals surface area contributed by atoms with Crippen molar-refractivity contribution in [3.05, 3.63) is 67.9 Å². The highest BCUT2D eigenvalue weighted by Crippen LogP contribution is 2.46. The molecule has 0 fully saturated rings. The number of carbonyl (C=O) groups is 1. The van der Waals surface area contributed by atoms with Gasteiger partial charge in [-0.1, -0.05) is 36.0 Å². The van der Waals surface area contributed by atoms with Crippen LogP contribution in [0.5, 0.6) is 0 Å². The molecule has 2 aromatic rings. The minimum atomic E-state index is -0.401. The molecule has 0 N–H and O–H groups in total. The minimum absolute atomic E-state index is 0.345. The van der Waals surface area contributed by atoms with E-state index in [4.69, 9.17) is 4.74 Å². The number of nitrogens with zero attached hydrogens (tertiary/aromatic N) is 3. The highest BCUT2D eigenvalue weighted by Gasteiger charge is 2.30. The van der Waals surface area contributed by atoms with Gasteiger partial charge < -0.3 is 4.74 Å². The lowest BCUT2D eigenvalue weighted by atomic mass is 10.2. The maximum atomic E-state index is 12.8. The normalized spacial score (nSPS) is 12.3. The summed E-state index contributed by atoms with van der Waals surface area (Å²) in [5, 5.41) is 0. The Morgan fingerprint density at radius 1 is 1.15 bits per heavy atom. The largest absolute Gasteiger partial charge is 0.449 e. The van der Waals surface area contributed by atoms with Crippen molar-refractivity contribution in [1.29, 1.82) is 0 Å². The number of fused-ring (bicyclic) bond motifs is 2. The van der Waals surface area contributed by atoms with Gasteiger partial charge in [0.15, 0.2) is 5.82 Å². The van der Waals surface area contributed by atoms with Gasteiger partial charge in [0.1, 0.15) is 0 Å². The van der Waals surface area contributed by atoms with Gasteiger partial charge in [0.05, 0.1) is 17.2 Å². The Balaban J connectivity index is 1.66. The predicted molar refractivity (Wildman–Crippen MR) is 110 cm³/mol. The molecule has 0 atom stereocenters. The quantitative estimate of drug-likeness (QED) is 0.481. The molecule has 0 bridgehead atoms. The van der Waals surface area contributed by atoms with E-state index in [9.17, 15) is 4.79 Å². The second-order valence-electron chi connectivity index (χ2n) is 6.04. The molecule has 2 heterocycles. The number of aromatic nitrogens is 1. The predicted octanol–water partition coefficient (Wildman–Crippen LogP) is 4.89. The van der Waals surface area contributed by atoms with Crippen molar-refractivity contribution >= 4 is 29.4 Å². The van der Waals surface area contributed by atoms with Gasteiger partial charge >= 0.3 is 6.09 Å². The molecule has 1 aromatic heterocycles. The van der Waals surface area contributed by atoms with Crippen molar-refractivity contribution in [1.82, 2.24) is 9.88 Å². The van der Waals surface area contributed by atoms with E-state index >= 15 is 0 Å². The first-order chi connectivity index (χ1) is 13.2. The molecule has 0 saturated heterocycles. The molecule has 5 nitrogen and oxygen atoms in total. The summed E-state index contributed by atoms with van der Waals surface area (Å²) in [6.07, 6.45) is 5.76. The van der Waals surface area contributed by atoms with Crippen LogP contribution >= 0.6 is 11.8 Å². The van der Waals surface area contributed by atoms with Crippen LogP contribution in [0, 0.1) is 0 Å². The van der Waals surface area contributed by atoms with E-state index < -0.39 is 6.09 Å². The topological polar surface area (TPSA) is 45.7 Å². The third-order valence-electron chi connectivity index (χ3n) is 4.09. The first kappa shape index (κ1) is 19.2. The maximum absolute atomic E-state index is 12.8. The van der Waals surface area contributed by atoms with Crippen LogP contribution in [0.1, 0.15) is 6.42 Å². The summed E-state index contributed by atoms with van der Waals surface area (Å²) in [5.74, 6) is 0.617. The van der Waals surface area contributed by atoms with Crippen LogP contribution < -0.4 is 4.90 Å². The van der Waals surface area contributed by atoms with Crippen LogP contribution in [-0.4, -0.2) is 42.2 Å². The van der Waals surface area contributed by atoms with E-state index in [0.717, 1.165) is 41.5 Å². The van der Waals surface area contributed by atoms with Crippen LogP contribution in [0.3, 0.4) is 0 Å². The minimum Gasteiger partial charge on any atom is -0.449 e. The fourth-order valence-corrected chi connectivity index (χ4v) is 3.94. The summed E-state index contributed by atoms with van der Waals surface area (Å²) in [7, 11) is 0. The smallest absolute Gasteiger partial charge is 0.420 e. The molecule has 6 heteroatoms. The van der Waals surface area contributed by atoms with Crippen molar-refractivity contribution in [3.8, 4) is 0 Å². The molecular formula is C21H23N3O2S. The molecule has 0 saturated carbocycles. The Hall–Kier alpha value is -2.57. The van der Waals surface area contributed by atoms with Crippen molar-refractivity contribution in [2.24, 2.45) is 0 Å². The van der Waals surface area contributed by atoms with Gasteiger partial charge in [0.25, 0.3) is 0 Å². The van der Waals surface area contributed by atoms with Crippen molar-refractivity contribution in [3.63, 3.8) is 0 Å². The number of rotatable bonds is 8. The van der Waals surface area contributed by atoms with Gasteiger partial charge in [0.2, 0.25) is 0 Å². The number of ether oxygens (including phenoxy) is 1. The molecule has 1 amide bonds. The summed E-state index contributed by atoms with van der Waals surface area (Å²) in [6, 6.07) is 11.6. The van der Waals surface area contributed by atoms with Gasteiger partial charge in [-0.25, -0.2) is 14.7 Å². The van der Waals surface area contributed by atoms with E-state index in [0.29, 0.717) is 12.4 Å². The number of hydrogen-bond donors (Lipinski definition) is 0. The van der Waals surface area contributed by atoms with E-state index in [-0.39, 0.29) is 0 Å². The molecule has 1 aliphatic heterocycles. The fraction of sp³-hybridized carbons (Fsp3) is 0.238. The zero-order valence-corrected chi connectivity index (χ0v) is 16.0. The lowest BCUT2D eigenvalue weighted by molar-refractivity contribution is 0.149. The number of anilines is 2. The fourth-order valence-electron chi connectivity index (χ4n) is 2.91. The molecule has 1 aliphatic rings. The monoisotopic (exact) mass is 381 g/mol. The van der Waals surface area contributed by atoms with E-state index in [1.54, 1.807) is 22.9 Å². The van der Waals surface area contributed by atoms with Gasteiger partial charge in [-0.2, -0.15) is 0 Å². The number of hydrogen-bond acceptors (Lipinski definition) is 5. The third-order valence-corrected chi connectivity index (χ3v) is 5.19. The molecule has 140 valence electrons. The van der Waals surface area contributed by atoms with E-state index in [1.807, 2.05) is 48.6 Å². The number of benzene rings is 1. The standard InChI is InChI=1S/C21H23N3O2S/c1-3-13-23(14-4-2)15-8-16-26-21(25)24-17-9-5-6-10-18(17)27-19-11-7-12-22-20(19)24/h3-7,9-12H,1-2,8,13-16H2. The summed E-state index contributed by atoms with van der Waals surface area (Å²) in [6.45, 7) is 10.3. The molecule has 3 rings (SSSR count). The van der Waals surface area contributed by atoms with Gasteiger partial charge in [-0.05, 0) is 30.7 Å². The highest BCUT2D eigenvalue weighted by atomic mass is 32.2. The zero-order chi connectivity index (χ0) is 19.1. The first-order valence-corrected chi connectivity index (χ1v) is 9.69. The molecule has 0 radical (unpaired) electrons. The molecule has 0 unspecified atom stereocenters. The number of amides is 1. The van der Waals surface area contributed by atoms with Crippen LogP contribution in [0.15, 0.2) is 77.7 Å². The van der Waals surface area contributed by atoms with E-state index in [1.165, 1.54) is 0 Å². The Labute approximate surface area is 164 Å². The average Bonchev–Trinajstić information content (AvgIpc) is 2.69. The van der Waals surface area contributed by atoms with Crippen molar-refractivity contribution < 1.29 is 9.53 Å². The summed E-state index contributed by atoms with van der Waals surface area (Å²) in [5.41, 5.74) is 0.804. The van der Waals surface area contributed by atoms with Gasteiger partial charge in [-0.15, -0.1) is 13.2 Å². The summed E-state index contributed by atoms with van der Waals surface area (Å²) >= 11 is 1.61. The Morgan fingerprint density at radius 2 is 1.89 bits per heavy atom. The summed E-state index contributed by atoms with van der Waals surface area (Å²) < 4.78 is 5.56. The van der Waals surface area contributed by atoms with Crippen molar-refractivity contribution in [2.75, 3.05) is 31.1 Å². The zero-order valence-electron chi connectivity index (χ0n) is 15.2. The number of carbonyl (C=O) groups excluding carboxylic acids is 1. The van der Waals surface area contributed by atoms with Crippen LogP contribution in [-0.2, 0) is 4.74 Å². The molecule has 0 spiro atoms. The SMILES string of the molecule is C=CCN(CC=C)CCCOC(=O)N1c2ccccc2Sc2cccnc21. The molecular weight excluding hydrogens is 358 g/mol. The second-order valence-corrected chi connectivity index (χ2v) is 7.12. The van der Waals surface area contributed by atoms with E-state index in [2.05, 4.69) is 23.0 Å². The maximum Gasteiger partial charge on any atom is 0.420 e. The summed E-state index contributed by atoms with van der Waals surface area (Å²) in [4.78, 5) is 22.9. The number of para-hydroxylation sites is 1. The highest BCUT2D eigenvalue weighted by molar-refractivity contribution is 7.99. The second kappa shape index (κ2) is 9.39. The Bertz CT molecular complexity index is 769. The van der Waals surface area contributed by atoms with Crippen molar-refractivity contribution in [2.45, 2.75) is 16.2 Å². The molecule has 1 aromatic carbocycles. The lowest BCUT2D eigenvalue weighted by Crippen LogP contribution is -2.31. The molecule has 27 heavy (non-hydrogen) atoms. The average molecular weight is 382 g/mol. The number of pyridine rings is 1. The first-order valence-electron chi connectivity index (χ1n) is 8.87. The van der Waals surface area contributed by atoms with Crippen LogP contribution in [0.4, 0.5) is 16.3 Å². The molecule has 0 aliphatic carbocycles. The third kappa shape index (κ3) is 4.59.